The SMILES string of the molecule is CC1CCCCN1Cc1cc(Br)ccc1C(=O)O. The normalized spacial score (nSPS) is 20.9. The van der Waals surface area contributed by atoms with Gasteiger partial charge in [-0.25, -0.2) is 4.79 Å². The Labute approximate surface area is 116 Å². The summed E-state index contributed by atoms with van der Waals surface area (Å²) in [5.41, 5.74) is 1.31. The minimum absolute atomic E-state index is 0.413. The number of halogens is 1. The van der Waals surface area contributed by atoms with Gasteiger partial charge in [0.1, 0.15) is 0 Å². The van der Waals surface area contributed by atoms with E-state index in [-0.39, 0.29) is 0 Å². The van der Waals surface area contributed by atoms with Crippen LogP contribution >= 0.6 is 15.9 Å². The smallest absolute Gasteiger partial charge is 0.336 e. The number of carboxylic acids is 1. The Morgan fingerprint density at radius 1 is 1.50 bits per heavy atom. The molecule has 2 rings (SSSR count). The van der Waals surface area contributed by atoms with Gasteiger partial charge >= 0.3 is 5.97 Å². The second-order valence-electron chi connectivity index (χ2n) is 4.92. The summed E-state index contributed by atoms with van der Waals surface area (Å²) in [6.45, 7) is 4.01. The standard InChI is InChI=1S/C14H18BrNO2/c1-10-4-2-3-7-16(10)9-11-8-12(15)5-6-13(11)14(17)18/h5-6,8,10H,2-4,7,9H2,1H3,(H,17,18). The maximum atomic E-state index is 11.2. The molecule has 1 atom stereocenters. The monoisotopic (exact) mass is 311 g/mol. The second-order valence-corrected chi connectivity index (χ2v) is 5.84. The first kappa shape index (κ1) is 13.6. The van der Waals surface area contributed by atoms with Gasteiger partial charge in [0.2, 0.25) is 0 Å². The minimum Gasteiger partial charge on any atom is -0.478 e. The number of carboxylic acid groups (broad SMARTS) is 1. The average Bonchev–Trinajstić information content (AvgIpc) is 2.32. The molecule has 3 nitrogen and oxygen atoms in total. The summed E-state index contributed by atoms with van der Waals surface area (Å²) in [6, 6.07) is 5.92. The van der Waals surface area contributed by atoms with E-state index < -0.39 is 5.97 Å². The van der Waals surface area contributed by atoms with Gasteiger partial charge in [0.05, 0.1) is 5.56 Å². The van der Waals surface area contributed by atoms with Crippen LogP contribution in [0.5, 0.6) is 0 Å². The molecule has 0 aliphatic carbocycles. The van der Waals surface area contributed by atoms with Crippen molar-refractivity contribution in [2.75, 3.05) is 6.54 Å². The molecule has 1 aliphatic heterocycles. The van der Waals surface area contributed by atoms with Crippen LogP contribution < -0.4 is 0 Å². The van der Waals surface area contributed by atoms with E-state index in [1.54, 1.807) is 12.1 Å². The number of carbonyl (C=O) groups is 1. The highest BCUT2D eigenvalue weighted by Gasteiger charge is 2.20. The molecule has 0 amide bonds. The quantitative estimate of drug-likeness (QED) is 0.928. The number of hydrogen-bond acceptors (Lipinski definition) is 2. The van der Waals surface area contributed by atoms with Crippen molar-refractivity contribution in [3.05, 3.63) is 33.8 Å². The summed E-state index contributed by atoms with van der Waals surface area (Å²) in [4.78, 5) is 13.6. The van der Waals surface area contributed by atoms with Crippen LogP contribution in [0.3, 0.4) is 0 Å². The zero-order valence-electron chi connectivity index (χ0n) is 10.5. The van der Waals surface area contributed by atoms with Gasteiger partial charge in [-0.15, -0.1) is 0 Å². The van der Waals surface area contributed by atoms with E-state index in [4.69, 9.17) is 0 Å². The summed E-state index contributed by atoms with van der Waals surface area (Å²) in [7, 11) is 0. The number of nitrogens with zero attached hydrogens (tertiary/aromatic N) is 1. The Kier molecular flexibility index (Phi) is 4.40. The maximum absolute atomic E-state index is 11.2. The first-order valence-corrected chi connectivity index (χ1v) is 7.13. The molecule has 1 unspecified atom stereocenters. The number of aromatic carboxylic acids is 1. The van der Waals surface area contributed by atoms with Crippen molar-refractivity contribution >= 4 is 21.9 Å². The van der Waals surface area contributed by atoms with Gasteiger partial charge in [-0.1, -0.05) is 22.4 Å². The van der Waals surface area contributed by atoms with Crippen LogP contribution in [0.1, 0.15) is 42.1 Å². The average molecular weight is 312 g/mol. The fourth-order valence-corrected chi connectivity index (χ4v) is 2.92. The highest BCUT2D eigenvalue weighted by Crippen LogP contribution is 2.23. The van der Waals surface area contributed by atoms with E-state index in [1.165, 1.54) is 19.3 Å². The van der Waals surface area contributed by atoms with E-state index in [0.717, 1.165) is 23.1 Å². The van der Waals surface area contributed by atoms with Crippen LogP contribution in [0.2, 0.25) is 0 Å². The summed E-state index contributed by atoms with van der Waals surface area (Å²) < 4.78 is 0.937. The summed E-state index contributed by atoms with van der Waals surface area (Å²) in [6.07, 6.45) is 3.69. The summed E-state index contributed by atoms with van der Waals surface area (Å²) in [5.74, 6) is -0.845. The Hall–Kier alpha value is -0.870. The predicted octanol–water partition coefficient (Wildman–Crippen LogP) is 3.52. The van der Waals surface area contributed by atoms with Gasteiger partial charge in [0, 0.05) is 17.1 Å². The Morgan fingerprint density at radius 3 is 2.94 bits per heavy atom. The van der Waals surface area contributed by atoms with E-state index >= 15 is 0 Å². The Balaban J connectivity index is 2.21. The van der Waals surface area contributed by atoms with Gasteiger partial charge in [-0.05, 0) is 50.1 Å². The number of piperidine rings is 1. The highest BCUT2D eigenvalue weighted by molar-refractivity contribution is 9.10. The molecule has 1 aliphatic rings. The third kappa shape index (κ3) is 3.12. The lowest BCUT2D eigenvalue weighted by Crippen LogP contribution is -2.37. The molecule has 98 valence electrons. The molecule has 1 N–H and O–H groups in total. The highest BCUT2D eigenvalue weighted by atomic mass is 79.9. The Morgan fingerprint density at radius 2 is 2.28 bits per heavy atom. The van der Waals surface area contributed by atoms with Crippen LogP contribution in [0.15, 0.2) is 22.7 Å². The lowest BCUT2D eigenvalue weighted by atomic mass is 10.0. The third-order valence-electron chi connectivity index (χ3n) is 3.61. The van der Waals surface area contributed by atoms with Crippen LogP contribution in [-0.4, -0.2) is 28.6 Å². The van der Waals surface area contributed by atoms with Crippen molar-refractivity contribution in [2.45, 2.75) is 38.8 Å². The molecule has 0 aromatic heterocycles. The molecule has 1 aromatic carbocycles. The molecule has 1 saturated heterocycles. The summed E-state index contributed by atoms with van der Waals surface area (Å²) >= 11 is 3.41. The lowest BCUT2D eigenvalue weighted by Gasteiger charge is -2.33. The molecule has 0 bridgehead atoms. The molecule has 4 heteroatoms. The fourth-order valence-electron chi connectivity index (χ4n) is 2.51. The van der Waals surface area contributed by atoms with E-state index in [9.17, 15) is 9.90 Å². The van der Waals surface area contributed by atoms with Crippen LogP contribution in [-0.2, 0) is 6.54 Å². The first-order chi connectivity index (χ1) is 8.58. The first-order valence-electron chi connectivity index (χ1n) is 6.33. The van der Waals surface area contributed by atoms with Crippen molar-refractivity contribution in [1.82, 2.24) is 4.90 Å². The molecule has 0 radical (unpaired) electrons. The van der Waals surface area contributed by atoms with Crippen LogP contribution in [0, 0.1) is 0 Å². The maximum Gasteiger partial charge on any atom is 0.336 e. The Bertz CT molecular complexity index is 447. The van der Waals surface area contributed by atoms with Crippen LogP contribution in [0.25, 0.3) is 0 Å². The molecule has 1 heterocycles. The van der Waals surface area contributed by atoms with Gasteiger partial charge in [0.25, 0.3) is 0 Å². The minimum atomic E-state index is -0.845. The molecule has 0 spiro atoms. The largest absolute Gasteiger partial charge is 0.478 e. The second kappa shape index (κ2) is 5.85. The van der Waals surface area contributed by atoms with Gasteiger partial charge < -0.3 is 5.11 Å². The molecule has 0 saturated carbocycles. The van der Waals surface area contributed by atoms with E-state index in [2.05, 4.69) is 27.8 Å². The number of rotatable bonds is 3. The predicted molar refractivity (Wildman–Crippen MR) is 74.8 cm³/mol. The molecular formula is C14H18BrNO2. The number of benzene rings is 1. The van der Waals surface area contributed by atoms with Gasteiger partial charge in [-0.3, -0.25) is 4.90 Å². The van der Waals surface area contributed by atoms with Crippen molar-refractivity contribution < 1.29 is 9.90 Å². The van der Waals surface area contributed by atoms with Gasteiger partial charge in [0.15, 0.2) is 0 Å². The van der Waals surface area contributed by atoms with E-state index in [0.29, 0.717) is 11.6 Å². The molecular weight excluding hydrogens is 294 g/mol. The number of likely N-dealkylation sites (tertiary alicyclic amines) is 1. The van der Waals surface area contributed by atoms with Crippen LogP contribution in [0.4, 0.5) is 0 Å². The van der Waals surface area contributed by atoms with Gasteiger partial charge in [-0.2, -0.15) is 0 Å². The molecule has 1 aromatic rings. The fraction of sp³-hybridized carbons (Fsp3) is 0.500. The zero-order valence-corrected chi connectivity index (χ0v) is 12.1. The number of hydrogen-bond donors (Lipinski definition) is 1. The van der Waals surface area contributed by atoms with Crippen molar-refractivity contribution in [1.29, 1.82) is 0 Å². The molecule has 18 heavy (non-hydrogen) atoms. The lowest BCUT2D eigenvalue weighted by molar-refractivity contribution is 0.0692. The van der Waals surface area contributed by atoms with Crippen molar-refractivity contribution in [3.63, 3.8) is 0 Å². The molecule has 1 fully saturated rings. The van der Waals surface area contributed by atoms with Crippen molar-refractivity contribution in [2.24, 2.45) is 0 Å². The summed E-state index contributed by atoms with van der Waals surface area (Å²) in [5, 5.41) is 9.22. The van der Waals surface area contributed by atoms with Crippen molar-refractivity contribution in [3.8, 4) is 0 Å². The zero-order chi connectivity index (χ0) is 13.1. The topological polar surface area (TPSA) is 40.5 Å². The third-order valence-corrected chi connectivity index (χ3v) is 4.10. The van der Waals surface area contributed by atoms with E-state index in [1.807, 2.05) is 6.07 Å².